The van der Waals surface area contributed by atoms with Crippen molar-refractivity contribution in [1.29, 1.82) is 0 Å². The van der Waals surface area contributed by atoms with E-state index in [1.54, 1.807) is 6.92 Å². The number of ether oxygens (including phenoxy) is 1. The van der Waals surface area contributed by atoms with E-state index in [9.17, 15) is 4.79 Å². The van der Waals surface area contributed by atoms with Gasteiger partial charge in [-0.1, -0.05) is 0 Å². The van der Waals surface area contributed by atoms with Crippen LogP contribution < -0.4 is 0 Å². The van der Waals surface area contributed by atoms with Gasteiger partial charge in [0.05, 0.1) is 12.7 Å². The summed E-state index contributed by atoms with van der Waals surface area (Å²) < 4.78 is 4.50. The summed E-state index contributed by atoms with van der Waals surface area (Å²) in [5.74, 6) is -0.915. The van der Waals surface area contributed by atoms with Gasteiger partial charge in [0.25, 0.3) is 0 Å². The van der Waals surface area contributed by atoms with Crippen molar-refractivity contribution in [2.45, 2.75) is 20.0 Å². The third-order valence-electron chi connectivity index (χ3n) is 0.694. The molecule has 0 rings (SSSR count). The first-order valence-corrected chi connectivity index (χ1v) is 3.63. The van der Waals surface area contributed by atoms with Crippen LogP contribution >= 0.6 is 0 Å². The van der Waals surface area contributed by atoms with Crippen molar-refractivity contribution in [1.82, 2.24) is 0 Å². The molecule has 0 aromatic heterocycles. The Morgan fingerprint density at radius 1 is 1.58 bits per heavy atom. The molecule has 0 fully saturated rings. The molecule has 0 aromatic carbocycles. The molecule has 0 aromatic rings. The fourth-order valence-electron chi connectivity index (χ4n) is 0.189. The van der Waals surface area contributed by atoms with Crippen LogP contribution in [-0.2, 0) is 9.53 Å². The highest BCUT2D eigenvalue weighted by Gasteiger charge is 1.90. The molecular weight excluding hydrogens is 164 g/mol. The maximum absolute atomic E-state index is 9.63. The van der Waals surface area contributed by atoms with Gasteiger partial charge in [0.15, 0.2) is 0 Å². The molecule has 1 unspecified atom stereocenters. The molecule has 0 aliphatic rings. The Labute approximate surface area is 71.6 Å². The van der Waals surface area contributed by atoms with Gasteiger partial charge in [-0.15, -0.1) is 0 Å². The monoisotopic (exact) mass is 180 g/mol. The van der Waals surface area contributed by atoms with E-state index in [0.29, 0.717) is 6.61 Å². The molecular formula is C7H16O5. The largest absolute Gasteiger partial charge is 0.480 e. The highest BCUT2D eigenvalue weighted by atomic mass is 16.5. The van der Waals surface area contributed by atoms with Gasteiger partial charge in [-0.3, -0.25) is 0 Å². The normalized spacial score (nSPS) is 11.3. The predicted octanol–water partition coefficient (Wildman–Crippen LogP) is -0.533. The van der Waals surface area contributed by atoms with Crippen LogP contribution in [0.15, 0.2) is 0 Å². The lowest BCUT2D eigenvalue weighted by Gasteiger charge is -1.90. The fraction of sp³-hybridized carbons (Fsp3) is 0.857. The summed E-state index contributed by atoms with van der Waals surface area (Å²) in [4.78, 5) is 9.63. The lowest BCUT2D eigenvalue weighted by Crippen LogP contribution is -2.05. The first-order valence-electron chi connectivity index (χ1n) is 3.63. The molecule has 0 saturated carbocycles. The Bertz CT molecular complexity index is 102. The topological polar surface area (TPSA) is 87.0 Å². The zero-order chi connectivity index (χ0) is 9.98. The molecule has 5 nitrogen and oxygen atoms in total. The van der Waals surface area contributed by atoms with Crippen LogP contribution in [0.5, 0.6) is 0 Å². The van der Waals surface area contributed by atoms with E-state index < -0.39 is 12.1 Å². The minimum atomic E-state index is -0.915. The zero-order valence-corrected chi connectivity index (χ0v) is 7.36. The van der Waals surface area contributed by atoms with Gasteiger partial charge < -0.3 is 20.1 Å². The minimum Gasteiger partial charge on any atom is -0.480 e. The van der Waals surface area contributed by atoms with Gasteiger partial charge in [-0.25, -0.2) is 4.79 Å². The van der Waals surface area contributed by atoms with E-state index in [-0.39, 0.29) is 13.2 Å². The second-order valence-electron chi connectivity index (χ2n) is 2.06. The van der Waals surface area contributed by atoms with Gasteiger partial charge >= 0.3 is 5.97 Å². The number of hydrogen-bond donors (Lipinski definition) is 3. The summed E-state index contributed by atoms with van der Waals surface area (Å²) in [7, 11) is 0. The molecule has 3 N–H and O–H groups in total. The predicted molar refractivity (Wildman–Crippen MR) is 42.9 cm³/mol. The maximum Gasteiger partial charge on any atom is 0.329 e. The summed E-state index contributed by atoms with van der Waals surface area (Å²) in [6, 6.07) is 0. The molecule has 1 atom stereocenters. The SMILES string of the molecule is CC(O)CO.CCOCC(=O)O. The van der Waals surface area contributed by atoms with Crippen LogP contribution in [0.25, 0.3) is 0 Å². The van der Waals surface area contributed by atoms with Gasteiger partial charge in [-0.2, -0.15) is 0 Å². The van der Waals surface area contributed by atoms with Crippen LogP contribution in [0.1, 0.15) is 13.8 Å². The first kappa shape index (κ1) is 13.9. The van der Waals surface area contributed by atoms with Crippen LogP contribution in [0.3, 0.4) is 0 Å². The standard InChI is InChI=1S/C4H8O3.C3H8O2/c1-2-7-3-4(5)6;1-3(5)2-4/h2-3H2,1H3,(H,5,6);3-5H,2H2,1H3. The Morgan fingerprint density at radius 2 is 2.00 bits per heavy atom. The van der Waals surface area contributed by atoms with Gasteiger partial charge in [0.2, 0.25) is 0 Å². The molecule has 0 bridgehead atoms. The van der Waals surface area contributed by atoms with E-state index in [1.165, 1.54) is 6.92 Å². The third-order valence-corrected chi connectivity index (χ3v) is 0.694. The molecule has 0 heterocycles. The highest BCUT2D eigenvalue weighted by Crippen LogP contribution is 1.69. The molecule has 5 heteroatoms. The molecule has 74 valence electrons. The lowest BCUT2D eigenvalue weighted by molar-refractivity contribution is -0.142. The lowest BCUT2D eigenvalue weighted by atomic mass is 10.5. The van der Waals surface area contributed by atoms with Crippen LogP contribution in [0.2, 0.25) is 0 Å². The van der Waals surface area contributed by atoms with Crippen molar-refractivity contribution in [3.8, 4) is 0 Å². The van der Waals surface area contributed by atoms with Crippen molar-refractivity contribution >= 4 is 5.97 Å². The quantitative estimate of drug-likeness (QED) is 0.541. The molecule has 0 aliphatic heterocycles. The zero-order valence-electron chi connectivity index (χ0n) is 7.36. The first-order chi connectivity index (χ1) is 5.54. The number of rotatable bonds is 4. The molecule has 0 spiro atoms. The third kappa shape index (κ3) is 22.8. The van der Waals surface area contributed by atoms with Crippen molar-refractivity contribution in [2.75, 3.05) is 19.8 Å². The van der Waals surface area contributed by atoms with Crippen LogP contribution in [0.4, 0.5) is 0 Å². The summed E-state index contributed by atoms with van der Waals surface area (Å²) in [5, 5.41) is 23.9. The molecule has 0 aliphatic carbocycles. The summed E-state index contributed by atoms with van der Waals surface area (Å²) in [5.41, 5.74) is 0. The van der Waals surface area contributed by atoms with Gasteiger partial charge in [0, 0.05) is 6.61 Å². The van der Waals surface area contributed by atoms with E-state index in [4.69, 9.17) is 15.3 Å². The van der Waals surface area contributed by atoms with E-state index in [1.807, 2.05) is 0 Å². The highest BCUT2D eigenvalue weighted by molar-refractivity contribution is 5.67. The second kappa shape index (κ2) is 10.3. The Kier molecular flexibility index (Phi) is 12.0. The molecule has 0 radical (unpaired) electrons. The number of carboxylic acid groups (broad SMARTS) is 1. The van der Waals surface area contributed by atoms with Crippen molar-refractivity contribution in [3.05, 3.63) is 0 Å². The minimum absolute atomic E-state index is 0.139. The molecule has 0 amide bonds. The van der Waals surface area contributed by atoms with Crippen molar-refractivity contribution in [3.63, 3.8) is 0 Å². The number of aliphatic hydroxyl groups excluding tert-OH is 2. The van der Waals surface area contributed by atoms with Gasteiger partial charge in [0.1, 0.15) is 6.61 Å². The summed E-state index contributed by atoms with van der Waals surface area (Å²) in [6.45, 7) is 3.42. The Hall–Kier alpha value is -0.650. The van der Waals surface area contributed by atoms with Crippen LogP contribution in [0, 0.1) is 0 Å². The van der Waals surface area contributed by atoms with Crippen molar-refractivity contribution < 1.29 is 24.9 Å². The fourth-order valence-corrected chi connectivity index (χ4v) is 0.189. The van der Waals surface area contributed by atoms with Gasteiger partial charge in [-0.05, 0) is 13.8 Å². The summed E-state index contributed by atoms with van der Waals surface area (Å²) >= 11 is 0. The summed E-state index contributed by atoms with van der Waals surface area (Å²) in [6.07, 6.45) is -0.560. The van der Waals surface area contributed by atoms with Crippen LogP contribution in [-0.4, -0.2) is 47.2 Å². The number of carbonyl (C=O) groups is 1. The Morgan fingerprint density at radius 3 is 2.08 bits per heavy atom. The number of hydrogen-bond acceptors (Lipinski definition) is 4. The maximum atomic E-state index is 9.63. The molecule has 0 saturated heterocycles. The average Bonchev–Trinajstić information content (AvgIpc) is 2.02. The average molecular weight is 180 g/mol. The molecule has 12 heavy (non-hydrogen) atoms. The second-order valence-corrected chi connectivity index (χ2v) is 2.06. The van der Waals surface area contributed by atoms with Crippen molar-refractivity contribution in [2.24, 2.45) is 0 Å². The van der Waals surface area contributed by atoms with E-state index >= 15 is 0 Å². The van der Waals surface area contributed by atoms with E-state index in [2.05, 4.69) is 4.74 Å². The Balaban J connectivity index is 0. The number of carboxylic acids is 1. The number of aliphatic hydroxyl groups is 2. The van der Waals surface area contributed by atoms with E-state index in [0.717, 1.165) is 0 Å². The smallest absolute Gasteiger partial charge is 0.329 e. The number of aliphatic carboxylic acids is 1.